The van der Waals surface area contributed by atoms with Gasteiger partial charge in [0.1, 0.15) is 6.04 Å². The SMILES string of the molecule is Cc1c(-c2c(C)c(C(=O)N[C@H]3CC[C@H](C)CC3)cc(=O)n2C(C)C(=O)O)cc(F)c2c1CCCO2. The van der Waals surface area contributed by atoms with Crippen LogP contribution in [0.5, 0.6) is 5.75 Å². The van der Waals surface area contributed by atoms with Crippen LogP contribution in [-0.4, -0.2) is 34.2 Å². The molecule has 1 saturated carbocycles. The average Bonchev–Trinajstić information content (AvgIpc) is 2.83. The Morgan fingerprint density at radius 3 is 2.51 bits per heavy atom. The number of hydrogen-bond donors (Lipinski definition) is 2. The Balaban J connectivity index is 1.88. The molecule has 1 aromatic carbocycles. The number of carbonyl (C=O) groups is 2. The lowest BCUT2D eigenvalue weighted by Gasteiger charge is -2.28. The quantitative estimate of drug-likeness (QED) is 0.649. The molecule has 188 valence electrons. The third-order valence-electron chi connectivity index (χ3n) is 7.54. The Labute approximate surface area is 204 Å². The van der Waals surface area contributed by atoms with Crippen LogP contribution in [0.3, 0.4) is 0 Å². The maximum absolute atomic E-state index is 15.1. The smallest absolute Gasteiger partial charge is 0.326 e. The minimum Gasteiger partial charge on any atom is -0.490 e. The molecule has 0 saturated heterocycles. The number of pyridine rings is 1. The molecule has 2 N–H and O–H groups in total. The average molecular weight is 485 g/mol. The van der Waals surface area contributed by atoms with Crippen LogP contribution in [-0.2, 0) is 11.2 Å². The van der Waals surface area contributed by atoms with Crippen molar-refractivity contribution in [2.75, 3.05) is 6.61 Å². The Hall–Kier alpha value is -3.16. The van der Waals surface area contributed by atoms with Gasteiger partial charge in [-0.15, -0.1) is 0 Å². The molecule has 1 aromatic heterocycles. The minimum atomic E-state index is -1.21. The van der Waals surface area contributed by atoms with Crippen LogP contribution in [0.15, 0.2) is 16.9 Å². The number of rotatable bonds is 5. The lowest BCUT2D eigenvalue weighted by molar-refractivity contribution is -0.140. The summed E-state index contributed by atoms with van der Waals surface area (Å²) in [4.78, 5) is 38.4. The largest absolute Gasteiger partial charge is 0.490 e. The molecule has 4 rings (SSSR count). The van der Waals surface area contributed by atoms with E-state index in [0.29, 0.717) is 41.2 Å². The van der Waals surface area contributed by atoms with Crippen LogP contribution in [0.2, 0.25) is 0 Å². The van der Waals surface area contributed by atoms with Gasteiger partial charge in [0.25, 0.3) is 11.5 Å². The van der Waals surface area contributed by atoms with Gasteiger partial charge < -0.3 is 15.2 Å². The van der Waals surface area contributed by atoms with Crippen LogP contribution in [0, 0.1) is 25.6 Å². The number of nitrogens with one attached hydrogen (secondary N) is 1. The molecule has 1 fully saturated rings. The van der Waals surface area contributed by atoms with Crippen molar-refractivity contribution in [2.24, 2.45) is 5.92 Å². The highest BCUT2D eigenvalue weighted by atomic mass is 19.1. The summed E-state index contributed by atoms with van der Waals surface area (Å²) in [5.74, 6) is -1.29. The van der Waals surface area contributed by atoms with Crippen molar-refractivity contribution in [1.29, 1.82) is 0 Å². The third-order valence-corrected chi connectivity index (χ3v) is 7.54. The summed E-state index contributed by atoms with van der Waals surface area (Å²) in [6.45, 7) is 7.53. The normalized spacial score (nSPS) is 20.5. The molecule has 35 heavy (non-hydrogen) atoms. The van der Waals surface area contributed by atoms with Crippen molar-refractivity contribution in [2.45, 2.75) is 78.3 Å². The van der Waals surface area contributed by atoms with E-state index < -0.39 is 23.4 Å². The van der Waals surface area contributed by atoms with E-state index in [-0.39, 0.29) is 29.0 Å². The zero-order chi connectivity index (χ0) is 25.4. The molecule has 1 amide bonds. The Morgan fingerprint density at radius 2 is 1.86 bits per heavy atom. The number of nitrogens with zero attached hydrogens (tertiary/aromatic N) is 1. The van der Waals surface area contributed by atoms with Crippen LogP contribution in [0.4, 0.5) is 4.39 Å². The lowest BCUT2D eigenvalue weighted by atomic mass is 9.87. The summed E-state index contributed by atoms with van der Waals surface area (Å²) < 4.78 is 21.8. The van der Waals surface area contributed by atoms with E-state index in [1.54, 1.807) is 6.92 Å². The van der Waals surface area contributed by atoms with Crippen LogP contribution >= 0.6 is 0 Å². The number of carboxylic acids is 1. The maximum Gasteiger partial charge on any atom is 0.326 e. The lowest BCUT2D eigenvalue weighted by Crippen LogP contribution is -2.39. The van der Waals surface area contributed by atoms with Gasteiger partial charge in [0.05, 0.1) is 12.3 Å². The van der Waals surface area contributed by atoms with Gasteiger partial charge in [-0.1, -0.05) is 6.92 Å². The van der Waals surface area contributed by atoms with Gasteiger partial charge in [0.15, 0.2) is 11.6 Å². The molecule has 2 aromatic rings. The highest BCUT2D eigenvalue weighted by Crippen LogP contribution is 2.39. The van der Waals surface area contributed by atoms with E-state index in [9.17, 15) is 19.5 Å². The van der Waals surface area contributed by atoms with Gasteiger partial charge in [0.2, 0.25) is 0 Å². The second kappa shape index (κ2) is 9.84. The zero-order valence-electron chi connectivity index (χ0n) is 20.7. The van der Waals surface area contributed by atoms with Gasteiger partial charge in [-0.3, -0.25) is 14.2 Å². The van der Waals surface area contributed by atoms with E-state index in [0.717, 1.165) is 36.7 Å². The fraction of sp³-hybridized carbons (Fsp3) is 0.519. The van der Waals surface area contributed by atoms with Gasteiger partial charge in [0, 0.05) is 28.8 Å². The number of halogens is 1. The highest BCUT2D eigenvalue weighted by molar-refractivity contribution is 5.97. The van der Waals surface area contributed by atoms with E-state index >= 15 is 4.39 Å². The Morgan fingerprint density at radius 1 is 1.17 bits per heavy atom. The van der Waals surface area contributed by atoms with Crippen LogP contribution in [0.1, 0.15) is 79.0 Å². The summed E-state index contributed by atoms with van der Waals surface area (Å²) in [5, 5.41) is 12.8. The van der Waals surface area contributed by atoms with E-state index in [4.69, 9.17) is 4.74 Å². The molecule has 1 aliphatic carbocycles. The number of amides is 1. The predicted octanol–water partition coefficient (Wildman–Crippen LogP) is 4.55. The van der Waals surface area contributed by atoms with Crippen molar-refractivity contribution in [3.63, 3.8) is 0 Å². The first kappa shape index (κ1) is 24.9. The van der Waals surface area contributed by atoms with Crippen molar-refractivity contribution >= 4 is 11.9 Å². The standard InChI is InChI=1S/C27H33FN2O5/c1-14-7-9-18(10-8-14)29-26(32)21-13-23(31)30(17(4)27(33)34)24(16(21)3)20-12-22(28)25-19(15(20)2)6-5-11-35-25/h12-14,17-18H,5-11H2,1-4H3,(H,29,32)(H,33,34)/t14-,17?,18-. The Bertz CT molecular complexity index is 1230. The summed E-state index contributed by atoms with van der Waals surface area (Å²) in [6.07, 6.45) is 5.16. The molecule has 0 radical (unpaired) electrons. The first-order valence-electron chi connectivity index (χ1n) is 12.3. The molecule has 1 aliphatic heterocycles. The first-order valence-corrected chi connectivity index (χ1v) is 12.3. The topological polar surface area (TPSA) is 97.6 Å². The third kappa shape index (κ3) is 4.70. The van der Waals surface area contributed by atoms with Crippen molar-refractivity contribution in [3.05, 3.63) is 50.6 Å². The number of hydrogen-bond acceptors (Lipinski definition) is 4. The second-order valence-corrected chi connectivity index (χ2v) is 9.97. The number of fused-ring (bicyclic) bond motifs is 1. The first-order chi connectivity index (χ1) is 16.6. The number of carbonyl (C=O) groups excluding carboxylic acids is 1. The molecule has 1 unspecified atom stereocenters. The molecule has 7 nitrogen and oxygen atoms in total. The number of carboxylic acid groups (broad SMARTS) is 1. The second-order valence-electron chi connectivity index (χ2n) is 9.97. The van der Waals surface area contributed by atoms with Gasteiger partial charge in [-0.25, -0.2) is 9.18 Å². The maximum atomic E-state index is 15.1. The number of aromatic nitrogens is 1. The summed E-state index contributed by atoms with van der Waals surface area (Å²) in [7, 11) is 0. The molecule has 2 aliphatic rings. The molecule has 0 spiro atoms. The molecular weight excluding hydrogens is 451 g/mol. The molecule has 2 heterocycles. The zero-order valence-corrected chi connectivity index (χ0v) is 20.7. The minimum absolute atomic E-state index is 0.0296. The Kier molecular flexibility index (Phi) is 7.01. The molecule has 1 atom stereocenters. The highest BCUT2D eigenvalue weighted by Gasteiger charge is 2.29. The van der Waals surface area contributed by atoms with Crippen molar-refractivity contribution in [3.8, 4) is 17.0 Å². The number of benzene rings is 1. The van der Waals surface area contributed by atoms with E-state index in [1.165, 1.54) is 19.1 Å². The van der Waals surface area contributed by atoms with Crippen molar-refractivity contribution in [1.82, 2.24) is 9.88 Å². The fourth-order valence-corrected chi connectivity index (χ4v) is 5.35. The van der Waals surface area contributed by atoms with E-state index in [2.05, 4.69) is 12.2 Å². The summed E-state index contributed by atoms with van der Waals surface area (Å²) >= 11 is 0. The monoisotopic (exact) mass is 484 g/mol. The van der Waals surface area contributed by atoms with Gasteiger partial charge in [-0.05, 0) is 82.4 Å². The van der Waals surface area contributed by atoms with Gasteiger partial charge in [-0.2, -0.15) is 0 Å². The summed E-state index contributed by atoms with van der Waals surface area (Å²) in [6, 6.07) is 1.31. The number of ether oxygens (including phenoxy) is 1. The molecule has 8 heteroatoms. The predicted molar refractivity (Wildman–Crippen MR) is 131 cm³/mol. The number of aliphatic carboxylic acids is 1. The molecule has 0 bridgehead atoms. The van der Waals surface area contributed by atoms with Gasteiger partial charge >= 0.3 is 5.97 Å². The van der Waals surface area contributed by atoms with Crippen molar-refractivity contribution < 1.29 is 23.8 Å². The van der Waals surface area contributed by atoms with Crippen LogP contribution in [0.25, 0.3) is 11.3 Å². The molecular formula is C27H33FN2O5. The summed E-state index contributed by atoms with van der Waals surface area (Å²) in [5.41, 5.74) is 2.09. The van der Waals surface area contributed by atoms with Crippen LogP contribution < -0.4 is 15.6 Å². The van der Waals surface area contributed by atoms with E-state index in [1.807, 2.05) is 6.92 Å². The fourth-order valence-electron chi connectivity index (χ4n) is 5.35.